The molecule has 0 unspecified atom stereocenters. The minimum absolute atomic E-state index is 0.112. The molecule has 0 atom stereocenters. The van der Waals surface area contributed by atoms with Gasteiger partial charge in [0.2, 0.25) is 5.91 Å². The number of rotatable bonds is 3. The van der Waals surface area contributed by atoms with Gasteiger partial charge < -0.3 is 5.32 Å². The van der Waals surface area contributed by atoms with Gasteiger partial charge in [-0.3, -0.25) is 4.79 Å². The van der Waals surface area contributed by atoms with Crippen molar-refractivity contribution in [1.82, 2.24) is 5.32 Å². The van der Waals surface area contributed by atoms with Crippen molar-refractivity contribution in [1.29, 1.82) is 5.26 Å². The van der Waals surface area contributed by atoms with E-state index >= 15 is 0 Å². The summed E-state index contributed by atoms with van der Waals surface area (Å²) in [5, 5.41) is 11.4. The Balaban J connectivity index is 2.27. The molecule has 1 saturated carbocycles. The molecular weight excluding hydrogens is 152 g/mol. The van der Waals surface area contributed by atoms with Crippen molar-refractivity contribution in [3.05, 3.63) is 12.2 Å². The summed E-state index contributed by atoms with van der Waals surface area (Å²) in [6.07, 6.45) is 4.98. The summed E-state index contributed by atoms with van der Waals surface area (Å²) in [5.41, 5.74) is -0.239. The smallest absolute Gasteiger partial charge is 0.243 e. The SMILES string of the molecule is C/C=C/C(=O)NCC1(C#N)CC1. The fraction of sp³-hybridized carbons (Fsp3) is 0.556. The number of carbonyl (C=O) groups excluding carboxylic acids is 1. The molecule has 0 saturated heterocycles. The summed E-state index contributed by atoms with van der Waals surface area (Å²) >= 11 is 0. The zero-order chi connectivity index (χ0) is 9.03. The third kappa shape index (κ3) is 2.09. The van der Waals surface area contributed by atoms with Gasteiger partial charge in [0.25, 0.3) is 0 Å². The maximum Gasteiger partial charge on any atom is 0.243 e. The number of amides is 1. The molecule has 3 heteroatoms. The molecule has 0 radical (unpaired) electrons. The first-order valence-electron chi connectivity index (χ1n) is 4.04. The highest BCUT2D eigenvalue weighted by Crippen LogP contribution is 2.43. The van der Waals surface area contributed by atoms with Gasteiger partial charge >= 0.3 is 0 Å². The topological polar surface area (TPSA) is 52.9 Å². The molecule has 1 aliphatic carbocycles. The van der Waals surface area contributed by atoms with Crippen LogP contribution in [0, 0.1) is 16.7 Å². The molecule has 1 aliphatic rings. The number of nitrogens with one attached hydrogen (secondary N) is 1. The van der Waals surface area contributed by atoms with Crippen molar-refractivity contribution in [3.8, 4) is 6.07 Å². The Labute approximate surface area is 72.1 Å². The van der Waals surface area contributed by atoms with Crippen molar-refractivity contribution >= 4 is 5.91 Å². The van der Waals surface area contributed by atoms with Gasteiger partial charge in [-0.05, 0) is 25.8 Å². The number of nitrogens with zero attached hydrogens (tertiary/aromatic N) is 1. The fourth-order valence-electron chi connectivity index (χ4n) is 0.946. The molecule has 12 heavy (non-hydrogen) atoms. The summed E-state index contributed by atoms with van der Waals surface area (Å²) < 4.78 is 0. The first kappa shape index (κ1) is 8.79. The van der Waals surface area contributed by atoms with Gasteiger partial charge in [-0.1, -0.05) is 6.08 Å². The van der Waals surface area contributed by atoms with Crippen molar-refractivity contribution in [2.75, 3.05) is 6.54 Å². The second-order valence-electron chi connectivity index (χ2n) is 3.11. The van der Waals surface area contributed by atoms with E-state index in [1.807, 2.05) is 0 Å². The summed E-state index contributed by atoms with van der Waals surface area (Å²) in [4.78, 5) is 10.9. The lowest BCUT2D eigenvalue weighted by atomic mass is 10.1. The third-order valence-electron chi connectivity index (χ3n) is 2.01. The van der Waals surface area contributed by atoms with Crippen LogP contribution in [0.2, 0.25) is 0 Å². The standard InChI is InChI=1S/C9H12N2O/c1-2-3-8(12)11-7-9(6-10)4-5-9/h2-3H,4-5,7H2,1H3,(H,11,12)/b3-2+. The Morgan fingerprint density at radius 1 is 1.75 bits per heavy atom. The van der Waals surface area contributed by atoms with E-state index in [0.29, 0.717) is 6.54 Å². The molecule has 1 rings (SSSR count). The molecule has 1 amide bonds. The predicted molar refractivity (Wildman–Crippen MR) is 45.1 cm³/mol. The number of hydrogen-bond acceptors (Lipinski definition) is 2. The number of allylic oxidation sites excluding steroid dienone is 1. The van der Waals surface area contributed by atoms with Gasteiger partial charge in [-0.25, -0.2) is 0 Å². The first-order valence-corrected chi connectivity index (χ1v) is 4.04. The Kier molecular flexibility index (Phi) is 2.49. The van der Waals surface area contributed by atoms with E-state index in [9.17, 15) is 4.79 Å². The van der Waals surface area contributed by atoms with Crippen LogP contribution >= 0.6 is 0 Å². The molecule has 0 heterocycles. The predicted octanol–water partition coefficient (Wildman–Crippen LogP) is 0.982. The minimum atomic E-state index is -0.239. The Morgan fingerprint density at radius 3 is 2.83 bits per heavy atom. The van der Waals surface area contributed by atoms with Gasteiger partial charge in [-0.15, -0.1) is 0 Å². The normalized spacial score (nSPS) is 18.7. The number of nitriles is 1. The highest BCUT2D eigenvalue weighted by Gasteiger charge is 2.43. The van der Waals surface area contributed by atoms with Crippen molar-refractivity contribution < 1.29 is 4.79 Å². The van der Waals surface area contributed by atoms with Crippen LogP contribution in [0.1, 0.15) is 19.8 Å². The molecule has 0 aliphatic heterocycles. The van der Waals surface area contributed by atoms with Crippen molar-refractivity contribution in [2.45, 2.75) is 19.8 Å². The summed E-state index contributed by atoms with van der Waals surface area (Å²) in [6, 6.07) is 2.21. The molecule has 0 spiro atoms. The lowest BCUT2D eigenvalue weighted by Crippen LogP contribution is -2.27. The number of carbonyl (C=O) groups is 1. The van der Waals surface area contributed by atoms with E-state index in [2.05, 4.69) is 11.4 Å². The van der Waals surface area contributed by atoms with Crippen LogP contribution in [0.15, 0.2) is 12.2 Å². The van der Waals surface area contributed by atoms with E-state index in [1.165, 1.54) is 6.08 Å². The largest absolute Gasteiger partial charge is 0.351 e. The van der Waals surface area contributed by atoms with Crippen LogP contribution in [0.4, 0.5) is 0 Å². The average molecular weight is 164 g/mol. The monoisotopic (exact) mass is 164 g/mol. The van der Waals surface area contributed by atoms with Gasteiger partial charge in [0.1, 0.15) is 0 Å². The lowest BCUT2D eigenvalue weighted by Gasteiger charge is -2.04. The van der Waals surface area contributed by atoms with Crippen LogP contribution in [-0.4, -0.2) is 12.5 Å². The minimum Gasteiger partial charge on any atom is -0.351 e. The molecular formula is C9H12N2O. The molecule has 0 bridgehead atoms. The summed E-state index contributed by atoms with van der Waals surface area (Å²) in [5.74, 6) is -0.112. The zero-order valence-electron chi connectivity index (χ0n) is 7.13. The molecule has 0 aromatic carbocycles. The Morgan fingerprint density at radius 2 is 2.42 bits per heavy atom. The second kappa shape index (κ2) is 3.40. The molecule has 64 valence electrons. The number of hydrogen-bond donors (Lipinski definition) is 1. The second-order valence-corrected chi connectivity index (χ2v) is 3.11. The van der Waals surface area contributed by atoms with E-state index in [0.717, 1.165) is 12.8 Å². The van der Waals surface area contributed by atoms with Crippen LogP contribution in [0.3, 0.4) is 0 Å². The lowest BCUT2D eigenvalue weighted by molar-refractivity contribution is -0.116. The maximum atomic E-state index is 10.9. The van der Waals surface area contributed by atoms with Gasteiger partial charge in [0.15, 0.2) is 0 Å². The molecule has 3 nitrogen and oxygen atoms in total. The van der Waals surface area contributed by atoms with Gasteiger partial charge in [0, 0.05) is 6.54 Å². The van der Waals surface area contributed by atoms with E-state index < -0.39 is 0 Å². The maximum absolute atomic E-state index is 10.9. The summed E-state index contributed by atoms with van der Waals surface area (Å²) in [6.45, 7) is 2.28. The van der Waals surface area contributed by atoms with Crippen molar-refractivity contribution in [3.63, 3.8) is 0 Å². The fourth-order valence-corrected chi connectivity index (χ4v) is 0.946. The zero-order valence-corrected chi connectivity index (χ0v) is 7.13. The van der Waals surface area contributed by atoms with Crippen molar-refractivity contribution in [2.24, 2.45) is 5.41 Å². The van der Waals surface area contributed by atoms with Gasteiger partial charge in [0.05, 0.1) is 11.5 Å². The Hall–Kier alpha value is -1.30. The average Bonchev–Trinajstić information content (AvgIpc) is 2.82. The Bertz CT molecular complexity index is 246. The first-order chi connectivity index (χ1) is 5.72. The highest BCUT2D eigenvalue weighted by molar-refractivity contribution is 5.87. The molecule has 0 aromatic heterocycles. The van der Waals surface area contributed by atoms with Crippen LogP contribution in [-0.2, 0) is 4.79 Å². The summed E-state index contributed by atoms with van der Waals surface area (Å²) in [7, 11) is 0. The van der Waals surface area contributed by atoms with Crippen LogP contribution < -0.4 is 5.32 Å². The van der Waals surface area contributed by atoms with Gasteiger partial charge in [-0.2, -0.15) is 5.26 Å². The van der Waals surface area contributed by atoms with E-state index in [1.54, 1.807) is 13.0 Å². The van der Waals surface area contributed by atoms with Crippen LogP contribution in [0.5, 0.6) is 0 Å². The quantitative estimate of drug-likeness (QED) is 0.632. The third-order valence-corrected chi connectivity index (χ3v) is 2.01. The molecule has 0 aromatic rings. The highest BCUT2D eigenvalue weighted by atomic mass is 16.1. The van der Waals surface area contributed by atoms with Crippen LogP contribution in [0.25, 0.3) is 0 Å². The van der Waals surface area contributed by atoms with E-state index in [4.69, 9.17) is 5.26 Å². The molecule has 1 N–H and O–H groups in total. The van der Waals surface area contributed by atoms with E-state index in [-0.39, 0.29) is 11.3 Å². The molecule has 1 fully saturated rings.